The molecule has 0 saturated carbocycles. The predicted octanol–water partition coefficient (Wildman–Crippen LogP) is 4.46. The van der Waals surface area contributed by atoms with Gasteiger partial charge in [-0.15, -0.1) is 0 Å². The first-order chi connectivity index (χ1) is 15.1. The molecule has 1 heterocycles. The Hall–Kier alpha value is -4.19. The number of rotatable bonds is 6. The molecule has 0 amide bonds. The molecule has 6 heteroatoms. The molecule has 0 aliphatic heterocycles. The SMILES string of the molecule is COC(=O)c1ccc(COc2ccccc2/C=C/c2nc3ccccc3[nH]c2=O)cc1. The zero-order chi connectivity index (χ0) is 21.6. The molecule has 0 aliphatic rings. The van der Waals surface area contributed by atoms with E-state index >= 15 is 0 Å². The van der Waals surface area contributed by atoms with Crippen LogP contribution < -0.4 is 10.3 Å². The number of fused-ring (bicyclic) bond motifs is 1. The van der Waals surface area contributed by atoms with Crippen molar-refractivity contribution in [3.8, 4) is 5.75 Å². The lowest BCUT2D eigenvalue weighted by atomic mass is 10.1. The molecule has 0 fully saturated rings. The average molecular weight is 412 g/mol. The van der Waals surface area contributed by atoms with Crippen molar-refractivity contribution in [3.63, 3.8) is 0 Å². The maximum absolute atomic E-state index is 12.3. The number of carbonyl (C=O) groups is 1. The van der Waals surface area contributed by atoms with Crippen LogP contribution >= 0.6 is 0 Å². The second-order valence-electron chi connectivity index (χ2n) is 6.82. The molecule has 6 nitrogen and oxygen atoms in total. The Labute approximate surface area is 178 Å². The molecule has 1 aromatic heterocycles. The lowest BCUT2D eigenvalue weighted by molar-refractivity contribution is 0.0600. The Balaban J connectivity index is 1.52. The molecule has 0 aliphatic carbocycles. The molecule has 4 rings (SSSR count). The zero-order valence-corrected chi connectivity index (χ0v) is 16.9. The number of aromatic amines is 1. The lowest BCUT2D eigenvalue weighted by Gasteiger charge is -2.09. The lowest BCUT2D eigenvalue weighted by Crippen LogP contribution is -2.11. The highest BCUT2D eigenvalue weighted by atomic mass is 16.5. The number of nitrogens with one attached hydrogen (secondary N) is 1. The van der Waals surface area contributed by atoms with Crippen molar-refractivity contribution in [1.29, 1.82) is 0 Å². The second kappa shape index (κ2) is 9.09. The topological polar surface area (TPSA) is 81.3 Å². The van der Waals surface area contributed by atoms with Crippen molar-refractivity contribution in [1.82, 2.24) is 9.97 Å². The van der Waals surface area contributed by atoms with Gasteiger partial charge in [-0.3, -0.25) is 4.79 Å². The van der Waals surface area contributed by atoms with Gasteiger partial charge in [0.05, 0.1) is 23.7 Å². The average Bonchev–Trinajstić information content (AvgIpc) is 2.81. The number of hydrogen-bond donors (Lipinski definition) is 1. The van der Waals surface area contributed by atoms with Gasteiger partial charge in [-0.25, -0.2) is 9.78 Å². The number of hydrogen-bond acceptors (Lipinski definition) is 5. The van der Waals surface area contributed by atoms with Gasteiger partial charge in [0, 0.05) is 5.56 Å². The monoisotopic (exact) mass is 412 g/mol. The normalized spacial score (nSPS) is 11.0. The third kappa shape index (κ3) is 4.70. The number of ether oxygens (including phenoxy) is 2. The van der Waals surface area contributed by atoms with E-state index in [4.69, 9.17) is 9.47 Å². The van der Waals surface area contributed by atoms with Crippen LogP contribution in [0.4, 0.5) is 0 Å². The number of aromatic nitrogens is 2. The van der Waals surface area contributed by atoms with Gasteiger partial charge in [0.25, 0.3) is 5.56 Å². The first kappa shape index (κ1) is 20.1. The van der Waals surface area contributed by atoms with Crippen LogP contribution in [0.2, 0.25) is 0 Å². The summed E-state index contributed by atoms with van der Waals surface area (Å²) in [5.74, 6) is 0.299. The molecular weight excluding hydrogens is 392 g/mol. The summed E-state index contributed by atoms with van der Waals surface area (Å²) in [6, 6.07) is 22.0. The molecule has 0 unspecified atom stereocenters. The first-order valence-corrected chi connectivity index (χ1v) is 9.70. The fourth-order valence-electron chi connectivity index (χ4n) is 3.09. The highest BCUT2D eigenvalue weighted by molar-refractivity contribution is 5.89. The molecule has 31 heavy (non-hydrogen) atoms. The van der Waals surface area contributed by atoms with Crippen LogP contribution in [0, 0.1) is 0 Å². The van der Waals surface area contributed by atoms with E-state index in [1.165, 1.54) is 7.11 Å². The number of benzene rings is 3. The molecular formula is C25H20N2O4. The third-order valence-corrected chi connectivity index (χ3v) is 4.73. The van der Waals surface area contributed by atoms with E-state index in [1.54, 1.807) is 18.2 Å². The number of carbonyl (C=O) groups excluding carboxylic acids is 1. The van der Waals surface area contributed by atoms with Gasteiger partial charge in [-0.1, -0.05) is 42.5 Å². The minimum atomic E-state index is -0.375. The summed E-state index contributed by atoms with van der Waals surface area (Å²) in [6.45, 7) is 0.334. The first-order valence-electron chi connectivity index (χ1n) is 9.70. The van der Waals surface area contributed by atoms with Crippen molar-refractivity contribution in [2.24, 2.45) is 0 Å². The number of esters is 1. The van der Waals surface area contributed by atoms with Gasteiger partial charge in [0.1, 0.15) is 18.1 Å². The highest BCUT2D eigenvalue weighted by Gasteiger charge is 2.06. The molecule has 0 atom stereocenters. The number of nitrogens with zero attached hydrogens (tertiary/aromatic N) is 1. The Kier molecular flexibility index (Phi) is 5.89. The molecule has 154 valence electrons. The van der Waals surface area contributed by atoms with Crippen molar-refractivity contribution in [3.05, 3.63) is 106 Å². The van der Waals surface area contributed by atoms with Crippen molar-refractivity contribution in [2.75, 3.05) is 7.11 Å². The van der Waals surface area contributed by atoms with Crippen LogP contribution in [-0.2, 0) is 11.3 Å². The number of H-pyrrole nitrogens is 1. The van der Waals surface area contributed by atoms with Crippen LogP contribution in [-0.4, -0.2) is 23.0 Å². The Morgan fingerprint density at radius 2 is 1.71 bits per heavy atom. The predicted molar refractivity (Wildman–Crippen MR) is 120 cm³/mol. The van der Waals surface area contributed by atoms with Gasteiger partial charge in [-0.2, -0.15) is 0 Å². The molecule has 0 spiro atoms. The van der Waals surface area contributed by atoms with E-state index in [1.807, 2.05) is 66.7 Å². The van der Waals surface area contributed by atoms with Crippen molar-refractivity contribution in [2.45, 2.75) is 6.61 Å². The molecule has 0 radical (unpaired) electrons. The van der Waals surface area contributed by atoms with E-state index in [0.717, 1.165) is 16.6 Å². The van der Waals surface area contributed by atoms with Crippen LogP contribution in [0.15, 0.2) is 77.6 Å². The van der Waals surface area contributed by atoms with Crippen LogP contribution in [0.1, 0.15) is 27.2 Å². The number of para-hydroxylation sites is 3. The molecule has 3 aromatic carbocycles. The summed E-state index contributed by atoms with van der Waals surface area (Å²) >= 11 is 0. The van der Waals surface area contributed by atoms with Crippen molar-refractivity contribution >= 4 is 29.2 Å². The Morgan fingerprint density at radius 1 is 0.968 bits per heavy atom. The van der Waals surface area contributed by atoms with Crippen molar-refractivity contribution < 1.29 is 14.3 Å². The third-order valence-electron chi connectivity index (χ3n) is 4.73. The fraction of sp³-hybridized carbons (Fsp3) is 0.0800. The standard InChI is InChI=1S/C25H20N2O4/c1-30-25(29)19-12-10-17(11-13-19)16-31-23-9-5-2-6-18(23)14-15-22-24(28)27-21-8-4-3-7-20(21)26-22/h2-15H,16H2,1H3,(H,27,28)/b15-14+. The summed E-state index contributed by atoms with van der Waals surface area (Å²) in [5, 5.41) is 0. The zero-order valence-electron chi connectivity index (χ0n) is 16.9. The van der Waals surface area contributed by atoms with Crippen LogP contribution in [0.3, 0.4) is 0 Å². The number of methoxy groups -OCH3 is 1. The Bertz CT molecular complexity index is 1310. The quantitative estimate of drug-likeness (QED) is 0.473. The van der Waals surface area contributed by atoms with Crippen LogP contribution in [0.5, 0.6) is 5.75 Å². The van der Waals surface area contributed by atoms with Gasteiger partial charge in [0.2, 0.25) is 0 Å². The maximum atomic E-state index is 12.3. The van der Waals surface area contributed by atoms with Crippen LogP contribution in [0.25, 0.3) is 23.2 Å². The van der Waals surface area contributed by atoms with E-state index in [0.29, 0.717) is 29.1 Å². The van der Waals surface area contributed by atoms with E-state index < -0.39 is 0 Å². The summed E-state index contributed by atoms with van der Waals surface area (Å²) in [5.41, 5.74) is 3.73. The summed E-state index contributed by atoms with van der Waals surface area (Å²) < 4.78 is 10.7. The summed E-state index contributed by atoms with van der Waals surface area (Å²) in [4.78, 5) is 31.1. The maximum Gasteiger partial charge on any atom is 0.337 e. The molecule has 1 N–H and O–H groups in total. The summed E-state index contributed by atoms with van der Waals surface area (Å²) in [6.07, 6.45) is 3.49. The highest BCUT2D eigenvalue weighted by Crippen LogP contribution is 2.22. The second-order valence-corrected chi connectivity index (χ2v) is 6.82. The minimum Gasteiger partial charge on any atom is -0.488 e. The fourth-order valence-corrected chi connectivity index (χ4v) is 3.09. The Morgan fingerprint density at radius 3 is 2.52 bits per heavy atom. The van der Waals surface area contributed by atoms with Gasteiger partial charge in [-0.05, 0) is 48.0 Å². The van der Waals surface area contributed by atoms with Gasteiger partial charge >= 0.3 is 5.97 Å². The van der Waals surface area contributed by atoms with E-state index in [2.05, 4.69) is 9.97 Å². The molecule has 4 aromatic rings. The minimum absolute atomic E-state index is 0.251. The summed E-state index contributed by atoms with van der Waals surface area (Å²) in [7, 11) is 1.35. The molecule has 0 saturated heterocycles. The van der Waals surface area contributed by atoms with E-state index in [-0.39, 0.29) is 11.5 Å². The van der Waals surface area contributed by atoms with E-state index in [9.17, 15) is 9.59 Å². The largest absolute Gasteiger partial charge is 0.488 e. The molecule has 0 bridgehead atoms. The van der Waals surface area contributed by atoms with Gasteiger partial charge in [0.15, 0.2) is 0 Å². The smallest absolute Gasteiger partial charge is 0.337 e. The van der Waals surface area contributed by atoms with Gasteiger partial charge < -0.3 is 14.5 Å².